The van der Waals surface area contributed by atoms with E-state index < -0.39 is 0 Å². The van der Waals surface area contributed by atoms with Gasteiger partial charge < -0.3 is 10.6 Å². The van der Waals surface area contributed by atoms with E-state index in [2.05, 4.69) is 16.7 Å². The number of nitriles is 1. The summed E-state index contributed by atoms with van der Waals surface area (Å²) in [6, 6.07) is 21.9. The van der Waals surface area contributed by atoms with Crippen molar-refractivity contribution in [2.24, 2.45) is 0 Å². The number of hydrogen-bond acceptors (Lipinski definition) is 3. The molecular formula is C23H19N3O2. The predicted molar refractivity (Wildman–Crippen MR) is 110 cm³/mol. The summed E-state index contributed by atoms with van der Waals surface area (Å²) in [6.07, 6.45) is 0. The number of carbonyl (C=O) groups is 2. The Hall–Kier alpha value is -3.91. The molecule has 28 heavy (non-hydrogen) atoms. The predicted octanol–water partition coefficient (Wildman–Crippen LogP) is 4.74. The molecule has 0 atom stereocenters. The fraction of sp³-hybridized carbons (Fsp3) is 0.0870. The largest absolute Gasteiger partial charge is 0.326 e. The average Bonchev–Trinajstić information content (AvgIpc) is 2.70. The zero-order valence-corrected chi connectivity index (χ0v) is 15.6. The fourth-order valence-electron chi connectivity index (χ4n) is 3.02. The van der Waals surface area contributed by atoms with Crippen LogP contribution < -0.4 is 10.6 Å². The molecule has 0 radical (unpaired) electrons. The van der Waals surface area contributed by atoms with Gasteiger partial charge in [-0.15, -0.1) is 0 Å². The summed E-state index contributed by atoms with van der Waals surface area (Å²) in [7, 11) is 0. The molecule has 0 aliphatic rings. The van der Waals surface area contributed by atoms with Crippen LogP contribution in [0.1, 0.15) is 28.4 Å². The zero-order valence-electron chi connectivity index (χ0n) is 15.6. The van der Waals surface area contributed by atoms with E-state index in [-0.39, 0.29) is 11.8 Å². The molecule has 0 fully saturated rings. The second-order valence-corrected chi connectivity index (χ2v) is 6.32. The van der Waals surface area contributed by atoms with E-state index in [1.165, 1.54) is 6.92 Å². The molecule has 3 aromatic carbocycles. The molecule has 0 saturated carbocycles. The van der Waals surface area contributed by atoms with Gasteiger partial charge in [0.05, 0.1) is 11.6 Å². The van der Waals surface area contributed by atoms with E-state index in [4.69, 9.17) is 0 Å². The van der Waals surface area contributed by atoms with Gasteiger partial charge in [0.15, 0.2) is 0 Å². The minimum Gasteiger partial charge on any atom is -0.326 e. The Morgan fingerprint density at radius 3 is 2.11 bits per heavy atom. The molecule has 0 aliphatic carbocycles. The molecule has 0 heterocycles. The van der Waals surface area contributed by atoms with Crippen molar-refractivity contribution in [2.75, 3.05) is 10.6 Å². The van der Waals surface area contributed by atoms with Gasteiger partial charge in [-0.3, -0.25) is 9.59 Å². The van der Waals surface area contributed by atoms with E-state index in [1.807, 2.05) is 31.2 Å². The van der Waals surface area contributed by atoms with Crippen LogP contribution in [0.25, 0.3) is 11.1 Å². The van der Waals surface area contributed by atoms with Crippen LogP contribution in [-0.2, 0) is 4.79 Å². The third-order valence-electron chi connectivity index (χ3n) is 4.40. The standard InChI is InChI=1S/C23H19N3O2/c1-15-21(25-16(2)27)12-7-13-22(15)26-23(28)20-11-6-5-10-19(20)18-9-4-3-8-17(18)14-24/h3-13H,1-2H3,(H,25,27)(H,26,28). The van der Waals surface area contributed by atoms with Crippen LogP contribution in [0, 0.1) is 18.3 Å². The molecule has 3 rings (SSSR count). The molecule has 0 aromatic heterocycles. The van der Waals surface area contributed by atoms with Crippen LogP contribution in [0.5, 0.6) is 0 Å². The number of nitrogens with one attached hydrogen (secondary N) is 2. The topological polar surface area (TPSA) is 82.0 Å². The Morgan fingerprint density at radius 2 is 1.43 bits per heavy atom. The Kier molecular flexibility index (Phi) is 5.52. The number of nitrogens with zero attached hydrogens (tertiary/aromatic N) is 1. The zero-order chi connectivity index (χ0) is 20.1. The SMILES string of the molecule is CC(=O)Nc1cccc(NC(=O)c2ccccc2-c2ccccc2C#N)c1C. The van der Waals surface area contributed by atoms with Crippen molar-refractivity contribution in [3.63, 3.8) is 0 Å². The molecule has 0 aliphatic heterocycles. The molecule has 0 spiro atoms. The number of hydrogen-bond donors (Lipinski definition) is 2. The van der Waals surface area contributed by atoms with Crippen LogP contribution >= 0.6 is 0 Å². The summed E-state index contributed by atoms with van der Waals surface area (Å²) < 4.78 is 0. The first kappa shape index (κ1) is 18.9. The molecule has 138 valence electrons. The molecule has 0 saturated heterocycles. The van der Waals surface area contributed by atoms with E-state index >= 15 is 0 Å². The smallest absolute Gasteiger partial charge is 0.256 e. The molecule has 2 N–H and O–H groups in total. The van der Waals surface area contributed by atoms with Crippen LogP contribution in [0.4, 0.5) is 11.4 Å². The van der Waals surface area contributed by atoms with Crippen molar-refractivity contribution in [2.45, 2.75) is 13.8 Å². The first-order valence-electron chi connectivity index (χ1n) is 8.78. The van der Waals surface area contributed by atoms with Crippen LogP contribution in [0.3, 0.4) is 0 Å². The van der Waals surface area contributed by atoms with Crippen molar-refractivity contribution in [1.82, 2.24) is 0 Å². The van der Waals surface area contributed by atoms with Gasteiger partial charge in [0.25, 0.3) is 5.91 Å². The van der Waals surface area contributed by atoms with E-state index in [9.17, 15) is 14.9 Å². The average molecular weight is 369 g/mol. The van der Waals surface area contributed by atoms with E-state index in [0.717, 1.165) is 5.56 Å². The summed E-state index contributed by atoms with van der Waals surface area (Å²) in [5.74, 6) is -0.462. The van der Waals surface area contributed by atoms with E-state index in [0.29, 0.717) is 33.6 Å². The summed E-state index contributed by atoms with van der Waals surface area (Å²) in [5.41, 5.74) is 4.39. The third-order valence-corrected chi connectivity index (χ3v) is 4.40. The number of benzene rings is 3. The Bertz CT molecular complexity index is 1100. The first-order valence-corrected chi connectivity index (χ1v) is 8.78. The van der Waals surface area contributed by atoms with Gasteiger partial charge in [-0.2, -0.15) is 5.26 Å². The Morgan fingerprint density at radius 1 is 0.821 bits per heavy atom. The molecular weight excluding hydrogens is 350 g/mol. The number of amides is 2. The summed E-state index contributed by atoms with van der Waals surface area (Å²) >= 11 is 0. The highest BCUT2D eigenvalue weighted by Crippen LogP contribution is 2.29. The molecule has 5 heteroatoms. The normalized spacial score (nSPS) is 10.0. The minimum absolute atomic E-state index is 0.176. The summed E-state index contributed by atoms with van der Waals surface area (Å²) in [4.78, 5) is 24.4. The lowest BCUT2D eigenvalue weighted by molar-refractivity contribution is -0.114. The monoisotopic (exact) mass is 369 g/mol. The highest BCUT2D eigenvalue weighted by molar-refractivity contribution is 6.09. The fourth-order valence-corrected chi connectivity index (χ4v) is 3.02. The Labute approximate surface area is 163 Å². The lowest BCUT2D eigenvalue weighted by Gasteiger charge is -2.15. The van der Waals surface area contributed by atoms with Gasteiger partial charge in [-0.05, 0) is 42.3 Å². The number of carbonyl (C=O) groups excluding carboxylic acids is 2. The number of anilines is 2. The van der Waals surface area contributed by atoms with Gasteiger partial charge in [0, 0.05) is 29.4 Å². The Balaban J connectivity index is 1.98. The summed E-state index contributed by atoms with van der Waals surface area (Å²) in [6.45, 7) is 3.27. The van der Waals surface area contributed by atoms with Crippen molar-refractivity contribution in [1.29, 1.82) is 5.26 Å². The van der Waals surface area contributed by atoms with Gasteiger partial charge in [-0.25, -0.2) is 0 Å². The van der Waals surface area contributed by atoms with Crippen LogP contribution in [-0.4, -0.2) is 11.8 Å². The lowest BCUT2D eigenvalue weighted by Crippen LogP contribution is -2.15. The maximum absolute atomic E-state index is 13.0. The molecule has 3 aromatic rings. The van der Waals surface area contributed by atoms with Gasteiger partial charge in [-0.1, -0.05) is 42.5 Å². The van der Waals surface area contributed by atoms with Crippen molar-refractivity contribution in [3.8, 4) is 17.2 Å². The van der Waals surface area contributed by atoms with Gasteiger partial charge in [0.2, 0.25) is 5.91 Å². The minimum atomic E-state index is -0.286. The maximum atomic E-state index is 13.0. The molecule has 5 nitrogen and oxygen atoms in total. The second-order valence-electron chi connectivity index (χ2n) is 6.32. The van der Waals surface area contributed by atoms with Gasteiger partial charge in [0.1, 0.15) is 0 Å². The van der Waals surface area contributed by atoms with Crippen molar-refractivity contribution >= 4 is 23.2 Å². The number of rotatable bonds is 4. The molecule has 0 bridgehead atoms. The lowest BCUT2D eigenvalue weighted by atomic mass is 9.95. The van der Waals surface area contributed by atoms with Crippen LogP contribution in [0.15, 0.2) is 66.7 Å². The second kappa shape index (κ2) is 8.19. The molecule has 0 unspecified atom stereocenters. The van der Waals surface area contributed by atoms with Crippen molar-refractivity contribution < 1.29 is 9.59 Å². The molecule has 2 amide bonds. The van der Waals surface area contributed by atoms with Crippen molar-refractivity contribution in [3.05, 3.63) is 83.4 Å². The van der Waals surface area contributed by atoms with Crippen LogP contribution in [0.2, 0.25) is 0 Å². The third kappa shape index (κ3) is 3.92. The maximum Gasteiger partial charge on any atom is 0.256 e. The first-order chi connectivity index (χ1) is 13.5. The highest BCUT2D eigenvalue weighted by Gasteiger charge is 2.16. The van der Waals surface area contributed by atoms with Gasteiger partial charge >= 0.3 is 0 Å². The van der Waals surface area contributed by atoms with E-state index in [1.54, 1.807) is 42.5 Å². The highest BCUT2D eigenvalue weighted by atomic mass is 16.2. The summed E-state index contributed by atoms with van der Waals surface area (Å²) in [5, 5.41) is 15.1. The quantitative estimate of drug-likeness (QED) is 0.696.